The predicted molar refractivity (Wildman–Crippen MR) is 75.8 cm³/mol. The van der Waals surface area contributed by atoms with Gasteiger partial charge in [0.05, 0.1) is 17.1 Å². The number of nitrogens with zero attached hydrogens (tertiary/aromatic N) is 1. The van der Waals surface area contributed by atoms with E-state index in [-0.39, 0.29) is 0 Å². The van der Waals surface area contributed by atoms with Gasteiger partial charge in [0, 0.05) is 25.9 Å². The Morgan fingerprint density at radius 2 is 1.95 bits per heavy atom. The van der Waals surface area contributed by atoms with E-state index in [4.69, 9.17) is 21.9 Å². The maximum Gasteiger partial charge on any atom is 0.405 e. The first kappa shape index (κ1) is 13.3. The molecule has 6 heteroatoms. The summed E-state index contributed by atoms with van der Waals surface area (Å²) in [5.41, 5.74) is 18.5. The van der Waals surface area contributed by atoms with Crippen LogP contribution in [0.1, 0.15) is 19.8 Å². The van der Waals surface area contributed by atoms with Crippen LogP contribution in [0, 0.1) is 0 Å². The van der Waals surface area contributed by atoms with Crippen molar-refractivity contribution in [2.45, 2.75) is 25.4 Å². The summed E-state index contributed by atoms with van der Waals surface area (Å²) in [7, 11) is 0. The Bertz CT molecular complexity index is 482. The minimum absolute atomic E-state index is 0.489. The van der Waals surface area contributed by atoms with E-state index >= 15 is 0 Å². The second kappa shape index (κ2) is 4.87. The molecule has 0 bridgehead atoms. The summed E-state index contributed by atoms with van der Waals surface area (Å²) < 4.78 is 5.17. The van der Waals surface area contributed by atoms with Crippen molar-refractivity contribution in [1.29, 1.82) is 0 Å². The number of hydrogen-bond donors (Lipinski definition) is 3. The van der Waals surface area contributed by atoms with Gasteiger partial charge in [0.1, 0.15) is 5.60 Å². The highest BCUT2D eigenvalue weighted by Gasteiger charge is 2.33. The second-order valence-electron chi connectivity index (χ2n) is 5.14. The average molecular weight is 264 g/mol. The minimum atomic E-state index is -0.723. The van der Waals surface area contributed by atoms with Crippen LogP contribution in [0.3, 0.4) is 0 Å². The molecule has 1 aliphatic heterocycles. The molecule has 0 spiro atoms. The van der Waals surface area contributed by atoms with Gasteiger partial charge in [0.25, 0.3) is 0 Å². The molecule has 1 aromatic carbocycles. The normalized spacial score (nSPS) is 18.1. The number of rotatable bonds is 2. The van der Waals surface area contributed by atoms with Gasteiger partial charge in [-0.25, -0.2) is 4.79 Å². The molecule has 0 radical (unpaired) electrons. The highest BCUT2D eigenvalue weighted by molar-refractivity contribution is 5.79. The first-order valence-electron chi connectivity index (χ1n) is 6.29. The topological polar surface area (TPSA) is 108 Å². The Kier molecular flexibility index (Phi) is 3.42. The van der Waals surface area contributed by atoms with E-state index in [9.17, 15) is 4.79 Å². The van der Waals surface area contributed by atoms with Crippen molar-refractivity contribution in [3.63, 3.8) is 0 Å². The van der Waals surface area contributed by atoms with Crippen LogP contribution < -0.4 is 22.1 Å². The molecule has 6 N–H and O–H groups in total. The number of nitrogen functional groups attached to an aromatic ring is 2. The lowest BCUT2D eigenvalue weighted by atomic mass is 9.93. The van der Waals surface area contributed by atoms with Gasteiger partial charge in [0.2, 0.25) is 0 Å². The zero-order chi connectivity index (χ0) is 14.0. The van der Waals surface area contributed by atoms with E-state index in [1.165, 1.54) is 0 Å². The third-order valence-electron chi connectivity index (χ3n) is 3.63. The summed E-state index contributed by atoms with van der Waals surface area (Å²) in [5.74, 6) is 0. The van der Waals surface area contributed by atoms with E-state index in [1.54, 1.807) is 6.07 Å². The number of piperidine rings is 1. The van der Waals surface area contributed by atoms with Crippen molar-refractivity contribution in [2.24, 2.45) is 5.73 Å². The van der Waals surface area contributed by atoms with Gasteiger partial charge in [-0.15, -0.1) is 0 Å². The minimum Gasteiger partial charge on any atom is -0.443 e. The molecule has 104 valence electrons. The van der Waals surface area contributed by atoms with Crippen molar-refractivity contribution >= 4 is 23.2 Å². The van der Waals surface area contributed by atoms with E-state index in [0.717, 1.165) is 18.8 Å². The molecule has 19 heavy (non-hydrogen) atoms. The number of carbonyl (C=O) groups is 1. The Labute approximate surface area is 112 Å². The predicted octanol–water partition coefficient (Wildman–Crippen LogP) is 1.31. The number of nitrogens with two attached hydrogens (primary N) is 3. The van der Waals surface area contributed by atoms with Crippen molar-refractivity contribution < 1.29 is 9.53 Å². The molecular weight excluding hydrogens is 244 g/mol. The van der Waals surface area contributed by atoms with E-state index in [0.29, 0.717) is 24.2 Å². The first-order valence-corrected chi connectivity index (χ1v) is 6.29. The SMILES string of the molecule is CC1(OC(N)=O)CCN(c2cccc(N)c2N)CC1. The van der Waals surface area contributed by atoms with Crippen molar-refractivity contribution in [1.82, 2.24) is 0 Å². The van der Waals surface area contributed by atoms with E-state index in [1.807, 2.05) is 19.1 Å². The molecule has 1 saturated heterocycles. The zero-order valence-corrected chi connectivity index (χ0v) is 11.1. The lowest BCUT2D eigenvalue weighted by molar-refractivity contribution is 0.0127. The first-order chi connectivity index (χ1) is 8.91. The van der Waals surface area contributed by atoms with Crippen LogP contribution in [0.25, 0.3) is 0 Å². The van der Waals surface area contributed by atoms with Crippen LogP contribution in [0.15, 0.2) is 18.2 Å². The molecular formula is C13H20N4O2. The summed E-state index contributed by atoms with van der Waals surface area (Å²) in [4.78, 5) is 13.0. The van der Waals surface area contributed by atoms with Crippen LogP contribution in [0.5, 0.6) is 0 Å². The third kappa shape index (κ3) is 2.83. The maximum atomic E-state index is 10.9. The molecule has 0 aromatic heterocycles. The van der Waals surface area contributed by atoms with Gasteiger partial charge in [-0.3, -0.25) is 0 Å². The summed E-state index contributed by atoms with van der Waals surface area (Å²) in [5, 5.41) is 0. The van der Waals surface area contributed by atoms with Gasteiger partial charge in [-0.2, -0.15) is 0 Å². The summed E-state index contributed by atoms with van der Waals surface area (Å²) >= 11 is 0. The Hall–Kier alpha value is -2.11. The molecule has 1 fully saturated rings. The highest BCUT2D eigenvalue weighted by Crippen LogP contribution is 2.33. The molecule has 2 rings (SSSR count). The van der Waals surface area contributed by atoms with Gasteiger partial charge in [-0.1, -0.05) is 6.07 Å². The second-order valence-corrected chi connectivity index (χ2v) is 5.14. The number of amides is 1. The lowest BCUT2D eigenvalue weighted by Crippen LogP contribution is -2.46. The van der Waals surface area contributed by atoms with Crippen molar-refractivity contribution in [2.75, 3.05) is 29.5 Å². The van der Waals surface area contributed by atoms with Crippen molar-refractivity contribution in [3.8, 4) is 0 Å². The largest absolute Gasteiger partial charge is 0.443 e. The Morgan fingerprint density at radius 1 is 1.32 bits per heavy atom. The number of benzene rings is 1. The van der Waals surface area contributed by atoms with Crippen LogP contribution in [-0.2, 0) is 4.74 Å². The summed E-state index contributed by atoms with van der Waals surface area (Å²) in [6.45, 7) is 3.40. The van der Waals surface area contributed by atoms with E-state index in [2.05, 4.69) is 4.90 Å². The smallest absolute Gasteiger partial charge is 0.405 e. The van der Waals surface area contributed by atoms with Gasteiger partial charge < -0.3 is 26.8 Å². The number of carbonyl (C=O) groups excluding carboxylic acids is 1. The number of anilines is 3. The molecule has 1 aliphatic rings. The maximum absolute atomic E-state index is 10.9. The molecule has 6 nitrogen and oxygen atoms in total. The lowest BCUT2D eigenvalue weighted by Gasteiger charge is -2.39. The van der Waals surface area contributed by atoms with E-state index < -0.39 is 11.7 Å². The van der Waals surface area contributed by atoms with Gasteiger partial charge >= 0.3 is 6.09 Å². The fourth-order valence-electron chi connectivity index (χ4n) is 2.41. The monoisotopic (exact) mass is 264 g/mol. The van der Waals surface area contributed by atoms with Gasteiger partial charge in [0.15, 0.2) is 0 Å². The molecule has 1 heterocycles. The zero-order valence-electron chi connectivity index (χ0n) is 11.1. The Morgan fingerprint density at radius 3 is 2.53 bits per heavy atom. The number of ether oxygens (including phenoxy) is 1. The molecule has 0 unspecified atom stereocenters. The van der Waals surface area contributed by atoms with Crippen LogP contribution >= 0.6 is 0 Å². The number of primary amides is 1. The molecule has 1 aromatic rings. The standard InChI is InChI=1S/C13H20N4O2/c1-13(19-12(16)18)5-7-17(8-6-13)10-4-2-3-9(14)11(10)15/h2-4H,5-8,14-15H2,1H3,(H2,16,18). The van der Waals surface area contributed by atoms with Crippen molar-refractivity contribution in [3.05, 3.63) is 18.2 Å². The van der Waals surface area contributed by atoms with Crippen LogP contribution in [-0.4, -0.2) is 24.8 Å². The van der Waals surface area contributed by atoms with Crippen LogP contribution in [0.4, 0.5) is 21.9 Å². The van der Waals surface area contributed by atoms with Gasteiger partial charge in [-0.05, 0) is 19.1 Å². The van der Waals surface area contributed by atoms with Crippen LogP contribution in [0.2, 0.25) is 0 Å². The fraction of sp³-hybridized carbons (Fsp3) is 0.462. The molecule has 0 atom stereocenters. The fourth-order valence-corrected chi connectivity index (χ4v) is 2.41. The molecule has 1 amide bonds. The summed E-state index contributed by atoms with van der Waals surface area (Å²) in [6, 6.07) is 5.61. The number of para-hydroxylation sites is 1. The Balaban J connectivity index is 2.08. The third-order valence-corrected chi connectivity index (χ3v) is 3.63. The average Bonchev–Trinajstić information content (AvgIpc) is 2.33. The quantitative estimate of drug-likeness (QED) is 0.698. The highest BCUT2D eigenvalue weighted by atomic mass is 16.6. The molecule has 0 aliphatic carbocycles. The molecule has 0 saturated carbocycles. The number of hydrogen-bond acceptors (Lipinski definition) is 5. The summed E-state index contributed by atoms with van der Waals surface area (Å²) in [6.07, 6.45) is 0.702.